The Bertz CT molecular complexity index is 142. The molecule has 0 fully saturated rings. The van der Waals surface area contributed by atoms with Gasteiger partial charge in [-0.3, -0.25) is 0 Å². The molecule has 15 heavy (non-hydrogen) atoms. The summed E-state index contributed by atoms with van der Waals surface area (Å²) >= 11 is 6.30. The van der Waals surface area contributed by atoms with Gasteiger partial charge < -0.3 is 9.84 Å². The molecule has 0 radical (unpaired) electrons. The molecule has 3 heteroatoms. The molecule has 0 amide bonds. The van der Waals surface area contributed by atoms with Crippen molar-refractivity contribution in [3.05, 3.63) is 0 Å². The summed E-state index contributed by atoms with van der Waals surface area (Å²) in [5.41, 5.74) is 0. The van der Waals surface area contributed by atoms with Crippen LogP contribution in [0.1, 0.15) is 58.8 Å². The zero-order chi connectivity index (χ0) is 11.6. The lowest BCUT2D eigenvalue weighted by Crippen LogP contribution is -2.24. The number of hydrogen-bond donors (Lipinski definition) is 1. The van der Waals surface area contributed by atoms with Crippen molar-refractivity contribution in [3.63, 3.8) is 0 Å². The van der Waals surface area contributed by atoms with Crippen LogP contribution in [0.5, 0.6) is 0 Å². The van der Waals surface area contributed by atoms with Gasteiger partial charge in [0, 0.05) is 13.2 Å². The Labute approximate surface area is 99.0 Å². The first-order chi connectivity index (χ1) is 7.18. The average Bonchev–Trinajstić information content (AvgIpc) is 2.24. The van der Waals surface area contributed by atoms with E-state index in [1.54, 1.807) is 0 Å². The number of rotatable bonds is 10. The molecular formula is C12H25ClO2. The Kier molecular flexibility index (Phi) is 9.57. The van der Waals surface area contributed by atoms with Crippen LogP contribution < -0.4 is 0 Å². The number of alkyl halides is 1. The highest BCUT2D eigenvalue weighted by molar-refractivity contribution is 6.22. The number of halogens is 1. The Hall–Kier alpha value is 0.210. The van der Waals surface area contributed by atoms with Crippen LogP contribution in [0.15, 0.2) is 0 Å². The normalized spacial score (nSPS) is 15.2. The van der Waals surface area contributed by atoms with Crippen LogP contribution in [0.2, 0.25) is 0 Å². The van der Waals surface area contributed by atoms with Gasteiger partial charge in [-0.05, 0) is 25.7 Å². The molecule has 2 nitrogen and oxygen atoms in total. The van der Waals surface area contributed by atoms with E-state index in [4.69, 9.17) is 21.4 Å². The Morgan fingerprint density at radius 3 is 2.33 bits per heavy atom. The van der Waals surface area contributed by atoms with Crippen molar-refractivity contribution in [2.45, 2.75) is 63.9 Å². The third kappa shape index (κ3) is 8.06. The second-order valence-corrected chi connectivity index (χ2v) is 4.66. The van der Waals surface area contributed by atoms with E-state index in [2.05, 4.69) is 13.8 Å². The molecule has 0 bridgehead atoms. The quantitative estimate of drug-likeness (QED) is 0.463. The third-order valence-electron chi connectivity index (χ3n) is 2.56. The van der Waals surface area contributed by atoms with E-state index in [1.165, 1.54) is 0 Å². The van der Waals surface area contributed by atoms with Gasteiger partial charge in [-0.2, -0.15) is 0 Å². The number of aliphatic hydroxyl groups excluding tert-OH is 1. The minimum atomic E-state index is -0.439. The highest BCUT2D eigenvalue weighted by Gasteiger charge is 2.23. The number of aliphatic hydroxyl groups is 1. The van der Waals surface area contributed by atoms with Gasteiger partial charge in [0.2, 0.25) is 0 Å². The third-order valence-corrected chi connectivity index (χ3v) is 3.13. The predicted octanol–water partition coefficient (Wildman–Crippen LogP) is 3.70. The second kappa shape index (κ2) is 9.44. The van der Waals surface area contributed by atoms with Crippen LogP contribution in [0.4, 0.5) is 0 Å². The zero-order valence-electron chi connectivity index (χ0n) is 10.1. The first-order valence-corrected chi connectivity index (χ1v) is 6.50. The summed E-state index contributed by atoms with van der Waals surface area (Å²) in [6, 6.07) is 0. The van der Waals surface area contributed by atoms with Gasteiger partial charge in [0.05, 0.1) is 0 Å². The second-order valence-electron chi connectivity index (χ2n) is 3.97. The molecule has 1 unspecified atom stereocenters. The van der Waals surface area contributed by atoms with E-state index in [-0.39, 0.29) is 0 Å². The van der Waals surface area contributed by atoms with Crippen molar-refractivity contribution in [3.8, 4) is 0 Å². The van der Waals surface area contributed by atoms with Crippen LogP contribution in [-0.2, 0) is 4.74 Å². The highest BCUT2D eigenvalue weighted by atomic mass is 35.5. The van der Waals surface area contributed by atoms with Crippen molar-refractivity contribution in [1.29, 1.82) is 0 Å². The zero-order valence-corrected chi connectivity index (χ0v) is 10.9. The molecule has 0 aromatic carbocycles. The lowest BCUT2D eigenvalue weighted by molar-refractivity contribution is 0.00780. The van der Waals surface area contributed by atoms with Crippen molar-refractivity contribution in [2.24, 2.45) is 0 Å². The molecular weight excluding hydrogens is 212 g/mol. The fourth-order valence-electron chi connectivity index (χ4n) is 1.55. The lowest BCUT2D eigenvalue weighted by atomic mass is 10.1. The van der Waals surface area contributed by atoms with Crippen LogP contribution in [0.3, 0.4) is 0 Å². The summed E-state index contributed by atoms with van der Waals surface area (Å²) < 4.78 is 5.70. The van der Waals surface area contributed by atoms with Gasteiger partial charge in [-0.15, -0.1) is 0 Å². The van der Waals surface area contributed by atoms with Crippen molar-refractivity contribution in [1.82, 2.24) is 0 Å². The Balaban J connectivity index is 3.46. The summed E-state index contributed by atoms with van der Waals surface area (Å²) in [6.07, 6.45) is 6.97. The van der Waals surface area contributed by atoms with Gasteiger partial charge in [0.15, 0.2) is 0 Å². The summed E-state index contributed by atoms with van der Waals surface area (Å²) in [5, 5.41) is 8.17. The fraction of sp³-hybridized carbons (Fsp3) is 1.00. The SMILES string of the molecule is CCCC(Cl)(CC)OCCCCCCO. The molecule has 1 N–H and O–H groups in total. The van der Waals surface area contributed by atoms with Gasteiger partial charge in [-0.25, -0.2) is 0 Å². The van der Waals surface area contributed by atoms with E-state index >= 15 is 0 Å². The summed E-state index contributed by atoms with van der Waals surface area (Å²) in [4.78, 5) is 0. The molecule has 0 aliphatic rings. The molecule has 0 saturated carbocycles. The van der Waals surface area contributed by atoms with Crippen LogP contribution >= 0.6 is 11.6 Å². The molecule has 0 rings (SSSR count). The number of unbranched alkanes of at least 4 members (excludes halogenated alkanes) is 3. The van der Waals surface area contributed by atoms with Crippen molar-refractivity contribution in [2.75, 3.05) is 13.2 Å². The molecule has 1 atom stereocenters. The van der Waals surface area contributed by atoms with E-state index < -0.39 is 5.06 Å². The monoisotopic (exact) mass is 236 g/mol. The molecule has 0 aliphatic heterocycles. The van der Waals surface area contributed by atoms with Crippen LogP contribution in [0, 0.1) is 0 Å². The summed E-state index contributed by atoms with van der Waals surface area (Å²) in [7, 11) is 0. The molecule has 0 saturated heterocycles. The van der Waals surface area contributed by atoms with Gasteiger partial charge in [0.25, 0.3) is 0 Å². The predicted molar refractivity (Wildman–Crippen MR) is 65.3 cm³/mol. The largest absolute Gasteiger partial charge is 0.396 e. The Morgan fingerprint density at radius 1 is 1.13 bits per heavy atom. The molecule has 0 heterocycles. The highest BCUT2D eigenvalue weighted by Crippen LogP contribution is 2.27. The molecule has 0 spiro atoms. The maximum absolute atomic E-state index is 8.61. The summed E-state index contributed by atoms with van der Waals surface area (Å²) in [6.45, 7) is 5.22. The van der Waals surface area contributed by atoms with E-state index in [0.29, 0.717) is 6.61 Å². The van der Waals surface area contributed by atoms with Gasteiger partial charge >= 0.3 is 0 Å². The number of hydrogen-bond acceptors (Lipinski definition) is 2. The lowest BCUT2D eigenvalue weighted by Gasteiger charge is -2.25. The van der Waals surface area contributed by atoms with E-state index in [1.807, 2.05) is 0 Å². The maximum Gasteiger partial charge on any atom is 0.141 e. The van der Waals surface area contributed by atoms with Crippen LogP contribution in [-0.4, -0.2) is 23.4 Å². The van der Waals surface area contributed by atoms with Gasteiger partial charge in [0.1, 0.15) is 5.06 Å². The van der Waals surface area contributed by atoms with E-state index in [9.17, 15) is 0 Å². The molecule has 0 aliphatic carbocycles. The summed E-state index contributed by atoms with van der Waals surface area (Å²) in [5.74, 6) is 0. The minimum Gasteiger partial charge on any atom is -0.396 e. The van der Waals surface area contributed by atoms with Crippen molar-refractivity contribution >= 4 is 11.6 Å². The fourth-order valence-corrected chi connectivity index (χ4v) is 1.81. The number of ether oxygens (including phenoxy) is 1. The first-order valence-electron chi connectivity index (χ1n) is 6.12. The van der Waals surface area contributed by atoms with E-state index in [0.717, 1.165) is 51.6 Å². The molecule has 0 aromatic heterocycles. The topological polar surface area (TPSA) is 29.5 Å². The van der Waals surface area contributed by atoms with Crippen LogP contribution in [0.25, 0.3) is 0 Å². The maximum atomic E-state index is 8.61. The first kappa shape index (κ1) is 15.2. The van der Waals surface area contributed by atoms with Gasteiger partial charge in [-0.1, -0.05) is 44.7 Å². The smallest absolute Gasteiger partial charge is 0.141 e. The standard InChI is InChI=1S/C12H25ClO2/c1-3-9-12(13,4-2)15-11-8-6-5-7-10-14/h14H,3-11H2,1-2H3. The Morgan fingerprint density at radius 2 is 1.80 bits per heavy atom. The molecule has 92 valence electrons. The minimum absolute atomic E-state index is 0.297. The molecule has 0 aromatic rings. The average molecular weight is 237 g/mol. The van der Waals surface area contributed by atoms with Crippen molar-refractivity contribution < 1.29 is 9.84 Å².